The molecule has 0 atom stereocenters. The van der Waals surface area contributed by atoms with E-state index in [1.165, 1.54) is 0 Å². The maximum atomic E-state index is 10.9. The maximum Gasteiger partial charge on any atom is 0.137 e. The largest absolute Gasteiger partial charge is 0.456 e. The highest BCUT2D eigenvalue weighted by atomic mass is 16.3. The van der Waals surface area contributed by atoms with Gasteiger partial charge in [-0.1, -0.05) is 91.0 Å². The average Bonchev–Trinajstić information content (AvgIpc) is 3.84. The number of fused-ring (bicyclic) bond motifs is 10. The minimum atomic E-state index is 0.151. The minimum Gasteiger partial charge on any atom is -0.456 e. The Morgan fingerprint density at radius 3 is 1.69 bits per heavy atom. The fourth-order valence-corrected chi connectivity index (χ4v) is 8.00. The summed E-state index contributed by atoms with van der Waals surface area (Å²) >= 11 is 0. The van der Waals surface area contributed by atoms with Crippen LogP contribution in [0.1, 0.15) is 16.7 Å². The smallest absolute Gasteiger partial charge is 0.137 e. The number of hydrogen-bond acceptors (Lipinski definition) is 4. The first kappa shape index (κ1) is 28.4. The van der Waals surface area contributed by atoms with Gasteiger partial charge in [0, 0.05) is 38.1 Å². The van der Waals surface area contributed by atoms with E-state index in [1.54, 1.807) is 6.07 Å². The molecule has 0 saturated carbocycles. The van der Waals surface area contributed by atoms with E-state index in [9.17, 15) is 15.8 Å². The molecule has 7 aromatic carbocycles. The van der Waals surface area contributed by atoms with Crippen molar-refractivity contribution >= 4 is 65.6 Å². The summed E-state index contributed by atoms with van der Waals surface area (Å²) in [5.74, 6) is 0. The topological polar surface area (TPSA) is 94.4 Å². The Hall–Kier alpha value is -7.59. The molecule has 6 heteroatoms. The molecule has 0 unspecified atom stereocenters. The summed E-state index contributed by atoms with van der Waals surface area (Å²) in [4.78, 5) is 0. The second-order valence-electron chi connectivity index (χ2n) is 12.6. The van der Waals surface area contributed by atoms with Gasteiger partial charge in [-0.15, -0.1) is 0 Å². The summed E-state index contributed by atoms with van der Waals surface area (Å²) in [6, 6.07) is 53.1. The van der Waals surface area contributed by atoms with Gasteiger partial charge in [-0.3, -0.25) is 0 Å². The second-order valence-corrected chi connectivity index (χ2v) is 12.6. The molecule has 0 bridgehead atoms. The third-order valence-corrected chi connectivity index (χ3v) is 10.1. The van der Waals surface area contributed by atoms with Gasteiger partial charge in [0.25, 0.3) is 0 Å². The Morgan fingerprint density at radius 1 is 0.451 bits per heavy atom. The highest BCUT2D eigenvalue weighted by Gasteiger charge is 2.26. The van der Waals surface area contributed by atoms with Gasteiger partial charge in [-0.05, 0) is 48.5 Å². The highest BCUT2D eigenvalue weighted by Crippen LogP contribution is 2.44. The molecule has 0 fully saturated rings. The van der Waals surface area contributed by atoms with Crippen LogP contribution < -0.4 is 0 Å². The molecule has 234 valence electrons. The first-order chi connectivity index (χ1) is 25.2. The van der Waals surface area contributed by atoms with Crippen molar-refractivity contribution in [1.82, 2.24) is 9.13 Å². The van der Waals surface area contributed by atoms with Gasteiger partial charge in [-0.25, -0.2) is 0 Å². The number of aromatic nitrogens is 2. The van der Waals surface area contributed by atoms with Crippen LogP contribution in [0.25, 0.3) is 88.1 Å². The van der Waals surface area contributed by atoms with Crippen molar-refractivity contribution in [1.29, 1.82) is 15.8 Å². The molecule has 0 aliphatic heterocycles. The normalized spacial score (nSPS) is 11.5. The van der Waals surface area contributed by atoms with E-state index in [0.29, 0.717) is 16.8 Å². The molecular weight excluding hydrogens is 627 g/mol. The summed E-state index contributed by atoms with van der Waals surface area (Å²) in [6.45, 7) is 0. The zero-order valence-electron chi connectivity index (χ0n) is 26.9. The van der Waals surface area contributed by atoms with Crippen molar-refractivity contribution in [2.75, 3.05) is 0 Å². The van der Waals surface area contributed by atoms with Crippen molar-refractivity contribution in [3.05, 3.63) is 156 Å². The lowest BCUT2D eigenvalue weighted by Crippen LogP contribution is -2.06. The van der Waals surface area contributed by atoms with Crippen molar-refractivity contribution in [3.63, 3.8) is 0 Å². The van der Waals surface area contributed by atoms with Crippen molar-refractivity contribution in [2.24, 2.45) is 0 Å². The Balaban J connectivity index is 1.33. The quantitative estimate of drug-likeness (QED) is 0.190. The van der Waals surface area contributed by atoms with Crippen molar-refractivity contribution < 1.29 is 4.42 Å². The van der Waals surface area contributed by atoms with E-state index in [0.717, 1.165) is 76.8 Å². The van der Waals surface area contributed by atoms with Gasteiger partial charge < -0.3 is 13.6 Å². The van der Waals surface area contributed by atoms with Crippen LogP contribution in [0.3, 0.4) is 0 Å². The second kappa shape index (κ2) is 10.7. The van der Waals surface area contributed by atoms with E-state index < -0.39 is 0 Å². The predicted octanol–water partition coefficient (Wildman–Crippen LogP) is 11.1. The molecule has 6 nitrogen and oxygen atoms in total. The van der Waals surface area contributed by atoms with Crippen LogP contribution in [0.15, 0.2) is 144 Å². The summed E-state index contributed by atoms with van der Waals surface area (Å²) < 4.78 is 10.5. The number of nitriles is 3. The first-order valence-electron chi connectivity index (χ1n) is 16.5. The van der Waals surface area contributed by atoms with Crippen LogP contribution in [0.5, 0.6) is 0 Å². The fourth-order valence-electron chi connectivity index (χ4n) is 8.00. The van der Waals surface area contributed by atoms with Gasteiger partial charge in [0.15, 0.2) is 0 Å². The third kappa shape index (κ3) is 3.83. The number of nitrogens with zero attached hydrogens (tertiary/aromatic N) is 5. The number of rotatable bonds is 3. The number of furan rings is 1. The molecule has 3 aromatic heterocycles. The van der Waals surface area contributed by atoms with Crippen molar-refractivity contribution in [3.8, 4) is 40.7 Å². The monoisotopic (exact) mass is 649 g/mol. The molecule has 0 saturated heterocycles. The summed E-state index contributed by atoms with van der Waals surface area (Å²) in [6.07, 6.45) is 0. The number of hydrogen-bond donors (Lipinski definition) is 0. The Bertz CT molecular complexity index is 3190. The zero-order chi connectivity index (χ0) is 34.2. The molecule has 0 N–H and O–H groups in total. The summed E-state index contributed by atoms with van der Waals surface area (Å²) in [7, 11) is 0. The van der Waals surface area contributed by atoms with Crippen LogP contribution in [-0.4, -0.2) is 9.13 Å². The van der Waals surface area contributed by atoms with Gasteiger partial charge in [0.2, 0.25) is 0 Å². The summed E-state index contributed by atoms with van der Waals surface area (Å²) in [5, 5.41) is 38.7. The van der Waals surface area contributed by atoms with Crippen LogP contribution in [-0.2, 0) is 0 Å². The van der Waals surface area contributed by atoms with E-state index in [2.05, 4.69) is 47.0 Å². The van der Waals surface area contributed by atoms with Crippen LogP contribution in [0, 0.1) is 34.0 Å². The van der Waals surface area contributed by atoms with Crippen LogP contribution in [0.4, 0.5) is 0 Å². The Kier molecular flexibility index (Phi) is 5.97. The molecule has 10 aromatic rings. The Morgan fingerprint density at radius 2 is 1.02 bits per heavy atom. The average molecular weight is 650 g/mol. The SMILES string of the molecule is N#Cc1cc(-c2ccccc2-n2c3ccccc3c3ccc4oc5ccccc5c4c32)c(C#N)c(C#N)c1-n1c2ccccc2c2ccccc21. The molecule has 0 amide bonds. The number of para-hydroxylation sites is 5. The van der Waals surface area contributed by atoms with E-state index in [1.807, 2.05) is 114 Å². The van der Waals surface area contributed by atoms with E-state index in [-0.39, 0.29) is 11.1 Å². The molecular formula is C45H23N5O. The lowest BCUT2D eigenvalue weighted by atomic mass is 9.91. The zero-order valence-corrected chi connectivity index (χ0v) is 26.9. The van der Waals surface area contributed by atoms with E-state index in [4.69, 9.17) is 4.42 Å². The van der Waals surface area contributed by atoms with Gasteiger partial charge >= 0.3 is 0 Å². The standard InChI is InChI=1S/C45H23N5O/c46-24-27-23-34(35(25-47)36(26-48)44(27)49-37-16-6-1-11-28(37)29-12-2-7-17-38(29)49)31-14-4-9-19-40(31)50-39-18-8-3-13-30(39)32-21-22-42-43(45(32)50)33-15-5-10-20-41(33)51-42/h1-23H. The highest BCUT2D eigenvalue weighted by molar-refractivity contribution is 6.24. The van der Waals surface area contributed by atoms with Gasteiger partial charge in [-0.2, -0.15) is 15.8 Å². The first-order valence-corrected chi connectivity index (χ1v) is 16.5. The minimum absolute atomic E-state index is 0.151. The predicted molar refractivity (Wildman–Crippen MR) is 202 cm³/mol. The lowest BCUT2D eigenvalue weighted by Gasteiger charge is -2.19. The molecule has 0 spiro atoms. The number of benzene rings is 7. The Labute approximate surface area is 291 Å². The molecule has 0 aliphatic rings. The maximum absolute atomic E-state index is 10.9. The fraction of sp³-hybridized carbons (Fsp3) is 0. The molecule has 10 rings (SSSR count). The van der Waals surface area contributed by atoms with Crippen molar-refractivity contribution in [2.45, 2.75) is 0 Å². The third-order valence-electron chi connectivity index (χ3n) is 10.1. The molecule has 51 heavy (non-hydrogen) atoms. The van der Waals surface area contributed by atoms with Crippen LogP contribution >= 0.6 is 0 Å². The molecule has 0 aliphatic carbocycles. The molecule has 0 radical (unpaired) electrons. The van der Waals surface area contributed by atoms with Crippen LogP contribution in [0.2, 0.25) is 0 Å². The molecule has 3 heterocycles. The summed E-state index contributed by atoms with van der Waals surface area (Å²) in [5.41, 5.74) is 8.36. The van der Waals surface area contributed by atoms with E-state index >= 15 is 0 Å². The van der Waals surface area contributed by atoms with Gasteiger partial charge in [0.05, 0.1) is 55.5 Å². The lowest BCUT2D eigenvalue weighted by molar-refractivity contribution is 0.669. The van der Waals surface area contributed by atoms with Gasteiger partial charge in [0.1, 0.15) is 29.4 Å².